The summed E-state index contributed by atoms with van der Waals surface area (Å²) >= 11 is 0. The maximum absolute atomic E-state index is 12.6. The van der Waals surface area contributed by atoms with Gasteiger partial charge in [0, 0.05) is 18.3 Å². The first-order chi connectivity index (χ1) is 9.86. The van der Waals surface area contributed by atoms with Gasteiger partial charge in [0.25, 0.3) is 0 Å². The first-order valence-corrected chi connectivity index (χ1v) is 7.67. The number of halogens is 3. The van der Waals surface area contributed by atoms with Gasteiger partial charge in [-0.1, -0.05) is 0 Å². The largest absolute Gasteiger partial charge is 0.391 e. The standard InChI is InChI=1S/C15H24F3N3/c1-11-10-12(2)21(20-11)9-3-8-19-14-6-4-13(5-7-14)15(16,17)18/h10,13-14,19H,3-9H2,1-2H3. The number of aryl methyl sites for hydroxylation is 3. The average Bonchev–Trinajstić information content (AvgIpc) is 2.73. The van der Waals surface area contributed by atoms with E-state index in [1.165, 1.54) is 0 Å². The Labute approximate surface area is 123 Å². The monoisotopic (exact) mass is 303 g/mol. The molecule has 1 saturated carbocycles. The van der Waals surface area contributed by atoms with E-state index >= 15 is 0 Å². The maximum atomic E-state index is 12.6. The highest BCUT2D eigenvalue weighted by molar-refractivity contribution is 5.06. The molecular weight excluding hydrogens is 279 g/mol. The zero-order chi connectivity index (χ0) is 15.5. The molecule has 0 unspecified atom stereocenters. The number of hydrogen-bond acceptors (Lipinski definition) is 2. The van der Waals surface area contributed by atoms with E-state index in [9.17, 15) is 13.2 Å². The van der Waals surface area contributed by atoms with Crippen LogP contribution in [-0.4, -0.2) is 28.5 Å². The third-order valence-electron chi connectivity index (χ3n) is 4.27. The van der Waals surface area contributed by atoms with Crippen molar-refractivity contribution < 1.29 is 13.2 Å². The minimum absolute atomic E-state index is 0.240. The molecule has 21 heavy (non-hydrogen) atoms. The highest BCUT2D eigenvalue weighted by Crippen LogP contribution is 2.37. The summed E-state index contributed by atoms with van der Waals surface area (Å²) in [5.41, 5.74) is 2.17. The van der Waals surface area contributed by atoms with Crippen LogP contribution in [-0.2, 0) is 6.54 Å². The van der Waals surface area contributed by atoms with E-state index in [0.29, 0.717) is 12.8 Å². The molecule has 1 aliphatic carbocycles. The molecule has 1 aromatic rings. The van der Waals surface area contributed by atoms with E-state index in [4.69, 9.17) is 0 Å². The van der Waals surface area contributed by atoms with E-state index in [2.05, 4.69) is 10.4 Å². The van der Waals surface area contributed by atoms with Gasteiger partial charge in [0.2, 0.25) is 0 Å². The van der Waals surface area contributed by atoms with Crippen LogP contribution < -0.4 is 5.32 Å². The molecule has 0 atom stereocenters. The second-order valence-corrected chi connectivity index (χ2v) is 6.05. The molecule has 2 rings (SSSR count). The van der Waals surface area contributed by atoms with Crippen molar-refractivity contribution in [2.24, 2.45) is 5.92 Å². The van der Waals surface area contributed by atoms with E-state index in [-0.39, 0.29) is 18.9 Å². The number of aromatic nitrogens is 2. The molecule has 1 aliphatic rings. The molecule has 0 saturated heterocycles. The zero-order valence-corrected chi connectivity index (χ0v) is 12.7. The lowest BCUT2D eigenvalue weighted by Crippen LogP contribution is -2.37. The Morgan fingerprint density at radius 1 is 1.24 bits per heavy atom. The van der Waals surface area contributed by atoms with Crippen molar-refractivity contribution in [1.29, 1.82) is 0 Å². The highest BCUT2D eigenvalue weighted by Gasteiger charge is 2.41. The molecule has 0 radical (unpaired) electrons. The van der Waals surface area contributed by atoms with Gasteiger partial charge in [-0.15, -0.1) is 0 Å². The fourth-order valence-electron chi connectivity index (χ4n) is 3.06. The van der Waals surface area contributed by atoms with Crippen LogP contribution in [0.25, 0.3) is 0 Å². The van der Waals surface area contributed by atoms with E-state index in [0.717, 1.165) is 30.9 Å². The lowest BCUT2D eigenvalue weighted by atomic mass is 9.85. The molecule has 1 N–H and O–H groups in total. The summed E-state index contributed by atoms with van der Waals surface area (Å²) in [7, 11) is 0. The third kappa shape index (κ3) is 4.73. The Kier molecular flexibility index (Phi) is 5.30. The second kappa shape index (κ2) is 6.81. The average molecular weight is 303 g/mol. The Balaban J connectivity index is 1.63. The lowest BCUT2D eigenvalue weighted by Gasteiger charge is -2.30. The molecule has 1 heterocycles. The molecule has 0 aliphatic heterocycles. The number of nitrogens with zero attached hydrogens (tertiary/aromatic N) is 2. The van der Waals surface area contributed by atoms with Crippen LogP contribution in [0, 0.1) is 19.8 Å². The van der Waals surface area contributed by atoms with Gasteiger partial charge >= 0.3 is 6.18 Å². The summed E-state index contributed by atoms with van der Waals surface area (Å²) in [6.45, 7) is 5.69. The Morgan fingerprint density at radius 3 is 2.43 bits per heavy atom. The first kappa shape index (κ1) is 16.3. The van der Waals surface area contributed by atoms with Crippen LogP contribution in [0.1, 0.15) is 43.5 Å². The van der Waals surface area contributed by atoms with Crippen molar-refractivity contribution in [3.63, 3.8) is 0 Å². The molecule has 0 amide bonds. The zero-order valence-electron chi connectivity index (χ0n) is 12.7. The van der Waals surface area contributed by atoms with Crippen LogP contribution in [0.15, 0.2) is 6.07 Å². The van der Waals surface area contributed by atoms with E-state index in [1.54, 1.807) is 0 Å². The molecule has 1 aromatic heterocycles. The van der Waals surface area contributed by atoms with Crippen molar-refractivity contribution in [2.45, 2.75) is 64.7 Å². The van der Waals surface area contributed by atoms with Crippen LogP contribution in [0.2, 0.25) is 0 Å². The normalized spacial score (nSPS) is 23.5. The smallest absolute Gasteiger partial charge is 0.314 e. The van der Waals surface area contributed by atoms with Crippen molar-refractivity contribution in [3.8, 4) is 0 Å². The predicted octanol–water partition coefficient (Wildman–Crippen LogP) is 3.60. The minimum Gasteiger partial charge on any atom is -0.314 e. The van der Waals surface area contributed by atoms with Crippen LogP contribution in [0.4, 0.5) is 13.2 Å². The third-order valence-corrected chi connectivity index (χ3v) is 4.27. The molecule has 6 heteroatoms. The van der Waals surface area contributed by atoms with Crippen molar-refractivity contribution in [1.82, 2.24) is 15.1 Å². The number of alkyl halides is 3. The summed E-state index contributed by atoms with van der Waals surface area (Å²) in [6.07, 6.45) is -1.28. The number of nitrogens with one attached hydrogen (secondary N) is 1. The fraction of sp³-hybridized carbons (Fsp3) is 0.800. The Hall–Kier alpha value is -1.04. The molecular formula is C15H24F3N3. The lowest BCUT2D eigenvalue weighted by molar-refractivity contribution is -0.182. The quantitative estimate of drug-likeness (QED) is 0.842. The molecule has 120 valence electrons. The second-order valence-electron chi connectivity index (χ2n) is 6.05. The van der Waals surface area contributed by atoms with Gasteiger partial charge in [-0.25, -0.2) is 0 Å². The van der Waals surface area contributed by atoms with Gasteiger partial charge in [-0.3, -0.25) is 4.68 Å². The molecule has 1 fully saturated rings. The van der Waals surface area contributed by atoms with Crippen LogP contribution >= 0.6 is 0 Å². The van der Waals surface area contributed by atoms with Crippen molar-refractivity contribution in [2.75, 3.05) is 6.54 Å². The van der Waals surface area contributed by atoms with Gasteiger partial charge in [0.15, 0.2) is 0 Å². The van der Waals surface area contributed by atoms with Gasteiger partial charge in [-0.05, 0) is 58.6 Å². The van der Waals surface area contributed by atoms with Crippen molar-refractivity contribution >= 4 is 0 Å². The fourth-order valence-corrected chi connectivity index (χ4v) is 3.06. The summed E-state index contributed by atoms with van der Waals surface area (Å²) in [4.78, 5) is 0. The summed E-state index contributed by atoms with van der Waals surface area (Å²) < 4.78 is 39.7. The van der Waals surface area contributed by atoms with Gasteiger partial charge in [0.05, 0.1) is 11.6 Å². The van der Waals surface area contributed by atoms with Crippen LogP contribution in [0.3, 0.4) is 0 Å². The predicted molar refractivity (Wildman–Crippen MR) is 76.1 cm³/mol. The molecule has 0 spiro atoms. The number of hydrogen-bond donors (Lipinski definition) is 1. The highest BCUT2D eigenvalue weighted by atomic mass is 19.4. The Bertz CT molecular complexity index is 446. The summed E-state index contributed by atoms with van der Waals surface area (Å²) in [6, 6.07) is 2.29. The minimum atomic E-state index is -4.01. The maximum Gasteiger partial charge on any atom is 0.391 e. The van der Waals surface area contributed by atoms with Gasteiger partial charge < -0.3 is 5.32 Å². The molecule has 3 nitrogen and oxygen atoms in total. The van der Waals surface area contributed by atoms with Gasteiger partial charge in [0.1, 0.15) is 0 Å². The van der Waals surface area contributed by atoms with E-state index < -0.39 is 12.1 Å². The van der Waals surface area contributed by atoms with Crippen LogP contribution in [0.5, 0.6) is 0 Å². The first-order valence-electron chi connectivity index (χ1n) is 7.67. The SMILES string of the molecule is Cc1cc(C)n(CCCNC2CCC(C(F)(F)F)CC2)n1. The topological polar surface area (TPSA) is 29.9 Å². The van der Waals surface area contributed by atoms with Crippen molar-refractivity contribution in [3.05, 3.63) is 17.5 Å². The molecule has 0 bridgehead atoms. The summed E-state index contributed by atoms with van der Waals surface area (Å²) in [5.74, 6) is -1.09. The Morgan fingerprint density at radius 2 is 1.90 bits per heavy atom. The van der Waals surface area contributed by atoms with E-state index in [1.807, 2.05) is 24.6 Å². The summed E-state index contributed by atoms with van der Waals surface area (Å²) in [5, 5.41) is 7.78. The number of rotatable bonds is 5. The van der Waals surface area contributed by atoms with Gasteiger partial charge in [-0.2, -0.15) is 18.3 Å². The molecule has 0 aromatic carbocycles.